The topological polar surface area (TPSA) is 25.8 Å². The largest absolute Gasteiger partial charge is 0.228 e. The number of fused-ring (bicyclic) bond motifs is 3. The molecule has 2 aromatic heterocycles. The first kappa shape index (κ1) is 21.1. The van der Waals surface area contributed by atoms with Crippen LogP contribution in [0, 0.1) is 0 Å². The van der Waals surface area contributed by atoms with Gasteiger partial charge in [0.05, 0.1) is 11.2 Å². The fourth-order valence-corrected chi connectivity index (χ4v) is 7.54. The van der Waals surface area contributed by atoms with Gasteiger partial charge in [0.1, 0.15) is 0 Å². The molecular weight excluding hydrogens is 492 g/mol. The SMILES string of the molecule is c1ccc(-c2nc(-c3ccc4c5c(cccc35)-c3cccc5sc6cccc-4c6c35)nc3ccccc23)cc1. The van der Waals surface area contributed by atoms with Crippen LogP contribution >= 0.6 is 11.3 Å². The molecule has 0 N–H and O–H groups in total. The van der Waals surface area contributed by atoms with Gasteiger partial charge in [-0.25, -0.2) is 9.97 Å². The average Bonchev–Trinajstić information content (AvgIpc) is 3.33. The highest BCUT2D eigenvalue weighted by molar-refractivity contribution is 7.26. The Morgan fingerprint density at radius 1 is 0.410 bits per heavy atom. The highest BCUT2D eigenvalue weighted by atomic mass is 32.1. The van der Waals surface area contributed by atoms with Gasteiger partial charge in [-0.2, -0.15) is 0 Å². The lowest BCUT2D eigenvalue weighted by atomic mass is 9.90. The van der Waals surface area contributed by atoms with Crippen molar-refractivity contribution in [2.45, 2.75) is 0 Å². The highest BCUT2D eigenvalue weighted by Crippen LogP contribution is 2.51. The summed E-state index contributed by atoms with van der Waals surface area (Å²) in [7, 11) is 0. The first-order valence-corrected chi connectivity index (χ1v) is 14.0. The number of benzene rings is 6. The fourth-order valence-electron chi connectivity index (χ4n) is 6.38. The van der Waals surface area contributed by atoms with Gasteiger partial charge in [0.25, 0.3) is 0 Å². The minimum absolute atomic E-state index is 0.756. The second-order valence-electron chi connectivity index (χ2n) is 10.1. The van der Waals surface area contributed by atoms with E-state index < -0.39 is 0 Å². The average molecular weight is 513 g/mol. The molecule has 0 radical (unpaired) electrons. The normalized spacial score (nSPS) is 12.1. The third-order valence-corrected chi connectivity index (χ3v) is 9.15. The summed E-state index contributed by atoms with van der Waals surface area (Å²) in [4.78, 5) is 10.3. The van der Waals surface area contributed by atoms with Crippen LogP contribution in [0.5, 0.6) is 0 Å². The summed E-state index contributed by atoms with van der Waals surface area (Å²) in [5.74, 6) is 0.756. The Hall–Kier alpha value is -4.86. The maximum Gasteiger partial charge on any atom is 0.161 e. The lowest BCUT2D eigenvalue weighted by molar-refractivity contribution is 1.23. The van der Waals surface area contributed by atoms with Crippen LogP contribution in [0.15, 0.2) is 121 Å². The Bertz CT molecular complexity index is 2210. The van der Waals surface area contributed by atoms with Crippen LogP contribution in [0.2, 0.25) is 0 Å². The van der Waals surface area contributed by atoms with Gasteiger partial charge in [-0.15, -0.1) is 11.3 Å². The van der Waals surface area contributed by atoms with Crippen LogP contribution in [0.3, 0.4) is 0 Å². The molecule has 0 unspecified atom stereocenters. The molecule has 2 nitrogen and oxygen atoms in total. The second-order valence-corrected chi connectivity index (χ2v) is 11.2. The first-order chi connectivity index (χ1) is 19.3. The van der Waals surface area contributed by atoms with Crippen molar-refractivity contribution >= 4 is 53.2 Å². The van der Waals surface area contributed by atoms with Crippen LogP contribution in [0.25, 0.3) is 86.7 Å². The van der Waals surface area contributed by atoms with E-state index in [0.717, 1.165) is 33.5 Å². The maximum atomic E-state index is 5.22. The Labute approximate surface area is 228 Å². The molecule has 0 saturated carbocycles. The van der Waals surface area contributed by atoms with Crippen molar-refractivity contribution in [1.82, 2.24) is 9.97 Å². The molecular formula is C36H20N2S. The van der Waals surface area contributed by atoms with Crippen LogP contribution in [-0.4, -0.2) is 9.97 Å². The summed E-state index contributed by atoms with van der Waals surface area (Å²) >= 11 is 1.88. The zero-order valence-corrected chi connectivity index (χ0v) is 21.7. The molecule has 8 aromatic rings. The molecule has 6 aromatic carbocycles. The van der Waals surface area contributed by atoms with Crippen LogP contribution < -0.4 is 0 Å². The minimum Gasteiger partial charge on any atom is -0.228 e. The van der Waals surface area contributed by atoms with Crippen LogP contribution in [0.1, 0.15) is 0 Å². The molecule has 180 valence electrons. The van der Waals surface area contributed by atoms with Gasteiger partial charge in [0, 0.05) is 36.7 Å². The summed E-state index contributed by atoms with van der Waals surface area (Å²) in [5.41, 5.74) is 9.22. The van der Waals surface area contributed by atoms with Gasteiger partial charge < -0.3 is 0 Å². The first-order valence-electron chi connectivity index (χ1n) is 13.2. The lowest BCUT2D eigenvalue weighted by Crippen LogP contribution is -1.96. The molecule has 2 heterocycles. The number of rotatable bonds is 2. The van der Waals surface area contributed by atoms with Crippen molar-refractivity contribution in [2.24, 2.45) is 0 Å². The van der Waals surface area contributed by atoms with Gasteiger partial charge >= 0.3 is 0 Å². The molecule has 1 aliphatic rings. The number of aromatic nitrogens is 2. The summed E-state index contributed by atoms with van der Waals surface area (Å²) in [6.07, 6.45) is 0. The van der Waals surface area contributed by atoms with Gasteiger partial charge in [0.15, 0.2) is 5.82 Å². The van der Waals surface area contributed by atoms with Crippen LogP contribution in [0.4, 0.5) is 0 Å². The highest BCUT2D eigenvalue weighted by Gasteiger charge is 2.24. The van der Waals surface area contributed by atoms with Gasteiger partial charge in [-0.1, -0.05) is 97.1 Å². The molecule has 0 saturated heterocycles. The van der Waals surface area contributed by atoms with E-state index in [2.05, 4.69) is 115 Å². The lowest BCUT2D eigenvalue weighted by Gasteiger charge is -2.15. The molecule has 3 heteroatoms. The predicted molar refractivity (Wildman–Crippen MR) is 165 cm³/mol. The standard InChI is InChI=1S/C36H20N2S/c1-2-9-21(10-3-1)35-28-11-4-5-16-29(28)37-36(38-35)27-20-19-26-24-15-8-18-31-34(24)33-23(14-7-17-30(33)39-31)22-12-6-13-25(27)32(22)26/h1-20H. The van der Waals surface area contributed by atoms with Gasteiger partial charge in [0.2, 0.25) is 0 Å². The molecule has 1 aliphatic carbocycles. The summed E-state index contributed by atoms with van der Waals surface area (Å²) in [6, 6.07) is 43.4. The number of hydrogen-bond donors (Lipinski definition) is 0. The summed E-state index contributed by atoms with van der Waals surface area (Å²) in [5, 5.41) is 6.25. The number of thiophene rings is 1. The van der Waals surface area contributed by atoms with Crippen molar-refractivity contribution < 1.29 is 0 Å². The van der Waals surface area contributed by atoms with Crippen LogP contribution in [-0.2, 0) is 0 Å². The number of nitrogens with zero attached hydrogens (tertiary/aromatic N) is 2. The molecule has 0 spiro atoms. The third-order valence-electron chi connectivity index (χ3n) is 8.03. The Kier molecular flexibility index (Phi) is 4.24. The zero-order chi connectivity index (χ0) is 25.5. The van der Waals surface area contributed by atoms with Crippen molar-refractivity contribution in [3.63, 3.8) is 0 Å². The molecule has 0 aliphatic heterocycles. The van der Waals surface area contributed by atoms with Crippen molar-refractivity contribution in [2.75, 3.05) is 0 Å². The van der Waals surface area contributed by atoms with E-state index >= 15 is 0 Å². The van der Waals surface area contributed by atoms with E-state index in [1.54, 1.807) is 0 Å². The smallest absolute Gasteiger partial charge is 0.161 e. The molecule has 0 amide bonds. The maximum absolute atomic E-state index is 5.22. The molecule has 0 atom stereocenters. The van der Waals surface area contributed by atoms with Crippen molar-refractivity contribution in [3.8, 4) is 44.9 Å². The van der Waals surface area contributed by atoms with Crippen molar-refractivity contribution in [3.05, 3.63) is 121 Å². The van der Waals surface area contributed by atoms with E-state index in [9.17, 15) is 0 Å². The van der Waals surface area contributed by atoms with E-state index in [0.29, 0.717) is 0 Å². The van der Waals surface area contributed by atoms with Gasteiger partial charge in [-0.3, -0.25) is 0 Å². The fraction of sp³-hybridized carbons (Fsp3) is 0. The zero-order valence-electron chi connectivity index (χ0n) is 20.8. The van der Waals surface area contributed by atoms with E-state index in [-0.39, 0.29) is 0 Å². The van der Waals surface area contributed by atoms with E-state index in [1.165, 1.54) is 53.2 Å². The number of hydrogen-bond acceptors (Lipinski definition) is 3. The molecule has 9 rings (SSSR count). The third kappa shape index (κ3) is 2.91. The summed E-state index contributed by atoms with van der Waals surface area (Å²) < 4.78 is 2.68. The quantitative estimate of drug-likeness (QED) is 0.230. The number of para-hydroxylation sites is 1. The Morgan fingerprint density at radius 2 is 1.00 bits per heavy atom. The van der Waals surface area contributed by atoms with E-state index in [4.69, 9.17) is 9.97 Å². The predicted octanol–water partition coefficient (Wildman–Crippen LogP) is 10.1. The van der Waals surface area contributed by atoms with Crippen molar-refractivity contribution in [1.29, 1.82) is 0 Å². The molecule has 39 heavy (non-hydrogen) atoms. The van der Waals surface area contributed by atoms with E-state index in [1.807, 2.05) is 17.4 Å². The Balaban J connectivity index is 1.40. The second kappa shape index (κ2) is 7.83. The Morgan fingerprint density at radius 3 is 1.77 bits per heavy atom. The molecule has 0 fully saturated rings. The monoisotopic (exact) mass is 512 g/mol. The van der Waals surface area contributed by atoms with Gasteiger partial charge in [-0.05, 0) is 57.3 Å². The molecule has 0 bridgehead atoms. The minimum atomic E-state index is 0.756. The summed E-state index contributed by atoms with van der Waals surface area (Å²) in [6.45, 7) is 0.